The highest BCUT2D eigenvalue weighted by Crippen LogP contribution is 2.40. The summed E-state index contributed by atoms with van der Waals surface area (Å²) >= 11 is 0. The molecule has 2 fully saturated rings. The molecule has 3 amide bonds. The van der Waals surface area contributed by atoms with Gasteiger partial charge in [-0.15, -0.1) is 0 Å². The molecule has 4 aromatic rings. The molecule has 2 aromatic carbocycles. The zero-order chi connectivity index (χ0) is 48.4. The van der Waals surface area contributed by atoms with Gasteiger partial charge in [-0.3, -0.25) is 19.3 Å². The number of hydrogen-bond acceptors (Lipinski definition) is 11. The van der Waals surface area contributed by atoms with Crippen LogP contribution in [-0.4, -0.2) is 122 Å². The molecule has 0 saturated carbocycles. The van der Waals surface area contributed by atoms with E-state index in [2.05, 4.69) is 20.6 Å². The van der Waals surface area contributed by atoms with E-state index in [1.54, 1.807) is 70.4 Å². The Bertz CT molecular complexity index is 2440. The Morgan fingerprint density at radius 2 is 1.20 bits per heavy atom. The number of likely N-dealkylation sites (tertiary alicyclic amines) is 2. The van der Waals surface area contributed by atoms with Gasteiger partial charge in [-0.05, 0) is 115 Å². The minimum Gasteiger partial charge on any atom is -0.461 e. The second-order valence-corrected chi connectivity index (χ2v) is 19.4. The maximum absolute atomic E-state index is 15.0. The molecule has 2 aliphatic heterocycles. The van der Waals surface area contributed by atoms with Crippen molar-refractivity contribution in [3.05, 3.63) is 59.2 Å². The molecule has 0 aliphatic carbocycles. The predicted octanol–water partition coefficient (Wildman–Crippen LogP) is 7.14. The van der Waals surface area contributed by atoms with Crippen LogP contribution in [0.4, 0.5) is 18.4 Å². The number of H-pyrrole nitrogens is 2. The molecule has 1 unspecified atom stereocenters. The zero-order valence-corrected chi connectivity index (χ0v) is 39.4. The van der Waals surface area contributed by atoms with Crippen LogP contribution in [0.15, 0.2) is 36.4 Å². The van der Waals surface area contributed by atoms with Gasteiger partial charge in [0.25, 0.3) is 0 Å². The number of ether oxygens (including phenoxy) is 4. The van der Waals surface area contributed by atoms with E-state index in [9.17, 15) is 29.1 Å². The van der Waals surface area contributed by atoms with Crippen LogP contribution in [0, 0.1) is 11.6 Å². The van der Waals surface area contributed by atoms with E-state index in [-0.39, 0.29) is 38.8 Å². The lowest BCUT2D eigenvalue weighted by molar-refractivity contribution is -0.147. The van der Waals surface area contributed by atoms with Crippen molar-refractivity contribution in [3.63, 3.8) is 0 Å². The Hall–Kier alpha value is -5.75. The van der Waals surface area contributed by atoms with Crippen molar-refractivity contribution >= 4 is 51.8 Å². The van der Waals surface area contributed by atoms with Gasteiger partial charge in [-0.25, -0.2) is 18.4 Å². The molecule has 2 saturated heterocycles. The van der Waals surface area contributed by atoms with Crippen molar-refractivity contribution in [2.75, 3.05) is 13.1 Å². The molecule has 6 rings (SSSR count). The highest BCUT2D eigenvalue weighted by Gasteiger charge is 2.43. The monoisotopic (exact) mass is 922 g/mol. The number of fused-ring (bicyclic) bond motifs is 2. The number of aliphatic hydroxyl groups is 1. The summed E-state index contributed by atoms with van der Waals surface area (Å²) in [4.78, 5) is 75.0. The summed E-state index contributed by atoms with van der Waals surface area (Å²) in [5, 5.41) is 18.8. The third kappa shape index (κ3) is 12.0. The average molecular weight is 923 g/mol. The Morgan fingerprint density at radius 3 is 1.67 bits per heavy atom. The largest absolute Gasteiger partial charge is 0.461 e. The molecule has 18 heteroatoms. The standard InChI is InChI=1S/C48H64F2N6O10/c1-11-37(53-45(61)65-47(5,6)7)43(59)55-23-31(63-25(3)57)19-29(55)21-35-33-15-13-27(49)17-39(33)51-41(35)42-36(34-16-14-28(50)18-40(34)52-42)22-30-20-32(64-26(4)58)24-56(30)44(60)38(12-2)54-46(62)66-48(8,9)10/h13-18,29-32,37-38,43,51-52,59H,11-12,19-24H2,1-10H3,(H,53,61)(H,54,62)/t29-,30-,31-,32-,37-,38-,43?/m0/s1. The van der Waals surface area contributed by atoms with Crippen LogP contribution in [-0.2, 0) is 46.2 Å². The van der Waals surface area contributed by atoms with Crippen molar-refractivity contribution in [3.8, 4) is 11.4 Å². The van der Waals surface area contributed by atoms with E-state index in [4.69, 9.17) is 18.9 Å². The fraction of sp³-hybridized carbons (Fsp3) is 0.562. The van der Waals surface area contributed by atoms with Gasteiger partial charge in [0.15, 0.2) is 0 Å². The van der Waals surface area contributed by atoms with E-state index in [1.165, 1.54) is 38.1 Å². The first kappa shape index (κ1) is 49.7. The van der Waals surface area contributed by atoms with Crippen LogP contribution >= 0.6 is 0 Å². The summed E-state index contributed by atoms with van der Waals surface area (Å²) in [5.41, 5.74) is 1.79. The first-order chi connectivity index (χ1) is 30.9. The summed E-state index contributed by atoms with van der Waals surface area (Å²) in [7, 11) is 0. The number of nitrogens with zero attached hydrogens (tertiary/aromatic N) is 2. The number of carbonyl (C=O) groups is 5. The van der Waals surface area contributed by atoms with Crippen molar-refractivity contribution < 1.29 is 56.8 Å². The lowest BCUT2D eigenvalue weighted by atomic mass is 9.94. The van der Waals surface area contributed by atoms with Crippen molar-refractivity contribution in [1.29, 1.82) is 0 Å². The van der Waals surface area contributed by atoms with E-state index in [0.29, 0.717) is 57.2 Å². The number of hydrogen-bond donors (Lipinski definition) is 5. The summed E-state index contributed by atoms with van der Waals surface area (Å²) < 4.78 is 52.3. The second-order valence-electron chi connectivity index (χ2n) is 19.4. The Kier molecular flexibility index (Phi) is 15.1. The molecule has 2 aliphatic rings. The number of aromatic amines is 2. The maximum Gasteiger partial charge on any atom is 0.408 e. The molecule has 66 heavy (non-hydrogen) atoms. The number of benzene rings is 2. The van der Waals surface area contributed by atoms with Gasteiger partial charge < -0.3 is 49.6 Å². The third-order valence-corrected chi connectivity index (χ3v) is 11.8. The number of halogens is 2. The molecular formula is C48H64F2N6O10. The summed E-state index contributed by atoms with van der Waals surface area (Å²) in [6, 6.07) is 5.93. The number of carbonyl (C=O) groups excluding carboxylic acids is 5. The lowest BCUT2D eigenvalue weighted by Gasteiger charge is -2.35. The molecule has 5 N–H and O–H groups in total. The van der Waals surface area contributed by atoms with Crippen molar-refractivity contribution in [2.24, 2.45) is 0 Å². The quantitative estimate of drug-likeness (QED) is 0.0635. The van der Waals surface area contributed by atoms with E-state index >= 15 is 8.78 Å². The summed E-state index contributed by atoms with van der Waals surface area (Å²) in [6.45, 7) is 16.8. The van der Waals surface area contributed by atoms with Crippen molar-refractivity contribution in [1.82, 2.24) is 30.4 Å². The molecule has 2 aromatic heterocycles. The van der Waals surface area contributed by atoms with Gasteiger partial charge >= 0.3 is 24.1 Å². The lowest BCUT2D eigenvalue weighted by Crippen LogP contribution is -2.54. The number of alkyl carbamates (subject to hydrolysis) is 2. The number of esters is 2. The van der Waals surface area contributed by atoms with Crippen molar-refractivity contribution in [2.45, 2.75) is 162 Å². The Morgan fingerprint density at radius 1 is 0.727 bits per heavy atom. The van der Waals surface area contributed by atoms with Gasteiger partial charge in [0, 0.05) is 67.1 Å². The molecule has 0 spiro atoms. The van der Waals surface area contributed by atoms with Crippen LogP contribution in [0.1, 0.15) is 106 Å². The normalized spacial score (nSPS) is 20.5. The molecule has 0 bridgehead atoms. The fourth-order valence-electron chi connectivity index (χ4n) is 9.24. The number of rotatable bonds is 14. The first-order valence-corrected chi connectivity index (χ1v) is 22.6. The van der Waals surface area contributed by atoms with E-state index < -0.39 is 95.5 Å². The minimum absolute atomic E-state index is 0.0592. The van der Waals surface area contributed by atoms with Crippen LogP contribution in [0.5, 0.6) is 0 Å². The predicted molar refractivity (Wildman–Crippen MR) is 242 cm³/mol. The number of amides is 3. The molecular weight excluding hydrogens is 859 g/mol. The highest BCUT2D eigenvalue weighted by atomic mass is 19.1. The van der Waals surface area contributed by atoms with E-state index in [1.807, 2.05) is 6.92 Å². The third-order valence-electron chi connectivity index (χ3n) is 11.8. The molecule has 4 heterocycles. The minimum atomic E-state index is -1.24. The van der Waals surface area contributed by atoms with Gasteiger partial charge in [0.2, 0.25) is 5.91 Å². The number of nitrogens with one attached hydrogen (secondary N) is 4. The maximum atomic E-state index is 15.0. The van der Waals surface area contributed by atoms with E-state index in [0.717, 1.165) is 0 Å². The molecule has 0 radical (unpaired) electrons. The van der Waals surface area contributed by atoms with Crippen LogP contribution < -0.4 is 10.6 Å². The fourth-order valence-corrected chi connectivity index (χ4v) is 9.24. The van der Waals surface area contributed by atoms with Gasteiger partial charge in [-0.2, -0.15) is 0 Å². The number of aliphatic hydroxyl groups excluding tert-OH is 1. The van der Waals surface area contributed by atoms with Crippen LogP contribution in [0.2, 0.25) is 0 Å². The second kappa shape index (κ2) is 20.0. The van der Waals surface area contributed by atoms with Gasteiger partial charge in [-0.1, -0.05) is 13.8 Å². The Balaban J connectivity index is 1.43. The molecule has 16 nitrogen and oxygen atoms in total. The topological polar surface area (TPSA) is 205 Å². The average Bonchev–Trinajstić information content (AvgIpc) is 3.96. The van der Waals surface area contributed by atoms with Crippen LogP contribution in [0.25, 0.3) is 33.2 Å². The zero-order valence-electron chi connectivity index (χ0n) is 39.4. The number of aromatic nitrogens is 2. The molecule has 7 atom stereocenters. The van der Waals surface area contributed by atoms with Crippen LogP contribution in [0.3, 0.4) is 0 Å². The molecule has 360 valence electrons. The first-order valence-electron chi connectivity index (χ1n) is 22.6. The Labute approximate surface area is 383 Å². The van der Waals surface area contributed by atoms with Gasteiger partial charge in [0.05, 0.1) is 24.0 Å². The van der Waals surface area contributed by atoms with Gasteiger partial charge in [0.1, 0.15) is 47.3 Å². The smallest absolute Gasteiger partial charge is 0.408 e. The highest BCUT2D eigenvalue weighted by molar-refractivity contribution is 5.96. The SMILES string of the molecule is CC[C@H](NC(=O)OC(C)(C)C)C(=O)N1C[C@@H](OC(C)=O)C[C@H]1Cc1c(-c2[nH]c3cc(F)ccc3c2C[C@@H]2C[C@H](OC(C)=O)CN2C(O)[C@H](CC)NC(=O)OC(C)(C)C)[nH]c2cc(F)ccc12. The summed E-state index contributed by atoms with van der Waals surface area (Å²) in [5.74, 6) is -2.39. The summed E-state index contributed by atoms with van der Waals surface area (Å²) in [6.07, 6.45) is -2.38.